The Bertz CT molecular complexity index is 1950. The van der Waals surface area contributed by atoms with E-state index in [1.807, 2.05) is 0 Å². The predicted octanol–water partition coefficient (Wildman–Crippen LogP) is 4.88. The van der Waals surface area contributed by atoms with Crippen LogP contribution in [0.2, 0.25) is 10.0 Å². The summed E-state index contributed by atoms with van der Waals surface area (Å²) < 4.78 is 73.6. The Morgan fingerprint density at radius 1 is 0.884 bits per heavy atom. The fraction of sp³-hybridized carbons (Fsp3) is 0.0417. The topological polar surface area (TPSA) is 192 Å². The number of rotatable bonds is 7. The zero-order chi connectivity index (χ0) is 29.4. The van der Waals surface area contributed by atoms with Crippen molar-refractivity contribution in [2.75, 3.05) is 12.4 Å². The quantitative estimate of drug-likeness (QED) is 0.115. The zero-order valence-electron chi connectivity index (χ0n) is 22.7. The molecule has 19 heteroatoms. The van der Waals surface area contributed by atoms with Gasteiger partial charge >= 0.3 is 0 Å². The molecule has 0 aliphatic rings. The molecule has 0 unspecified atom stereocenters. The monoisotopic (exact) mass is 809 g/mol. The summed E-state index contributed by atoms with van der Waals surface area (Å²) in [7, 11) is -8.81. The number of aromatic hydroxyl groups is 1. The van der Waals surface area contributed by atoms with Crippen molar-refractivity contribution in [3.63, 3.8) is 0 Å². The number of carbonyl (C=O) groups excluding carboxylic acids is 1. The van der Waals surface area contributed by atoms with E-state index in [-0.39, 0.29) is 141 Å². The first-order chi connectivity index (χ1) is 18.7. The number of nitrogens with zero attached hydrogens (tertiary/aromatic N) is 2. The molecule has 0 saturated heterocycles. The minimum atomic E-state index is -5.16. The summed E-state index contributed by atoms with van der Waals surface area (Å²) >= 11 is 12.0. The van der Waals surface area contributed by atoms with Crippen molar-refractivity contribution >= 4 is 185 Å². The van der Waals surface area contributed by atoms with Crippen LogP contribution < -0.4 is 10.1 Å². The van der Waals surface area contributed by atoms with Crippen molar-refractivity contribution in [2.24, 2.45) is 10.2 Å². The maximum Gasteiger partial charge on any atom is 0.296 e. The van der Waals surface area contributed by atoms with Gasteiger partial charge in [-0.05, 0) is 48.5 Å². The fourth-order valence-corrected chi connectivity index (χ4v) is 5.56. The second kappa shape index (κ2) is 16.6. The average molecular weight is 810 g/mol. The molecule has 0 spiro atoms. The van der Waals surface area contributed by atoms with Gasteiger partial charge in [-0.25, -0.2) is 0 Å². The Morgan fingerprint density at radius 2 is 1.51 bits per heavy atom. The molecular weight excluding hydrogens is 793 g/mol. The van der Waals surface area contributed by atoms with Gasteiger partial charge in [0.15, 0.2) is 5.75 Å². The molecule has 4 aromatic carbocycles. The van der Waals surface area contributed by atoms with Gasteiger partial charge in [-0.2, -0.15) is 16.8 Å². The Kier molecular flexibility index (Phi) is 15.7. The molecule has 0 aliphatic heterocycles. The largest absolute Gasteiger partial charge is 0.505 e. The molecule has 0 heterocycles. The molecule has 43 heavy (non-hydrogen) atoms. The molecule has 12 nitrogen and oxygen atoms in total. The summed E-state index contributed by atoms with van der Waals surface area (Å²) in [5.41, 5.74) is -0.952. The molecule has 1 amide bonds. The van der Waals surface area contributed by atoms with Crippen molar-refractivity contribution in [3.05, 3.63) is 76.3 Å². The minimum Gasteiger partial charge on any atom is -0.505 e. The van der Waals surface area contributed by atoms with Crippen LogP contribution in [0.1, 0.15) is 10.4 Å². The molecule has 212 valence electrons. The van der Waals surface area contributed by atoms with Crippen molar-refractivity contribution in [1.82, 2.24) is 0 Å². The second-order valence-corrected chi connectivity index (χ2v) is 11.6. The van der Waals surface area contributed by atoms with Crippen LogP contribution in [0.15, 0.2) is 80.7 Å². The summed E-state index contributed by atoms with van der Waals surface area (Å²) in [4.78, 5) is 11.1. The molecule has 0 fully saturated rings. The third-order valence-corrected chi connectivity index (χ3v) is 7.82. The van der Waals surface area contributed by atoms with Gasteiger partial charge in [0, 0.05) is 118 Å². The number of hydrogen-bond acceptors (Lipinski definition) is 9. The molecule has 4 N–H and O–H groups in total. The summed E-state index contributed by atoms with van der Waals surface area (Å²) in [6.07, 6.45) is 0. The fourth-order valence-electron chi connectivity index (χ4n) is 3.74. The number of fused-ring (bicyclic) bond motifs is 1. The van der Waals surface area contributed by atoms with Gasteiger partial charge in [0.25, 0.3) is 26.1 Å². The van der Waals surface area contributed by atoms with Crippen LogP contribution >= 0.6 is 23.2 Å². The minimum absolute atomic E-state index is 0. The standard InChI is InChI=1S/C24H17Cl2N3O9S2.Ba.2Na/c1-38-18-5-3-2-4-16(18)28-29-22-20(40(35,36)37)11-14-19(39(32,33)34)9-8-17(21(14)23(22)30)27-24(31)13-7-6-12(25)10-15(13)26;;;/h2-11,30H,1H3,(H,27,31)(H,32,33,34)(H,35,36,37);;;. The number of ether oxygens (including phenoxy) is 1. The first-order valence-corrected chi connectivity index (χ1v) is 14.4. The van der Waals surface area contributed by atoms with Crippen LogP contribution in [-0.4, -0.2) is 152 Å². The number of nitrogens with one attached hydrogen (secondary N) is 1. The van der Waals surface area contributed by atoms with Crippen molar-refractivity contribution in [1.29, 1.82) is 0 Å². The first kappa shape index (κ1) is 40.8. The number of phenolic OH excluding ortho intramolecular Hbond substituents is 1. The Balaban J connectivity index is 0.00000308. The van der Waals surface area contributed by atoms with Gasteiger partial charge < -0.3 is 15.2 Å². The van der Waals surface area contributed by atoms with Crippen molar-refractivity contribution < 1.29 is 40.6 Å². The molecular formula is C24H17BaCl2N3Na2O9S2. The normalized spacial score (nSPS) is 11.3. The number of methoxy groups -OCH3 is 1. The number of halogens is 2. The molecule has 4 rings (SSSR count). The Labute approximate surface area is 340 Å². The molecule has 4 aromatic rings. The Hall–Kier alpha value is -0.219. The number of carbonyl (C=O) groups is 1. The van der Waals surface area contributed by atoms with Gasteiger partial charge in [0.2, 0.25) is 0 Å². The molecule has 0 aromatic heterocycles. The number of azo groups is 1. The summed E-state index contributed by atoms with van der Waals surface area (Å²) in [5, 5.41) is 20.6. The van der Waals surface area contributed by atoms with E-state index in [0.717, 1.165) is 12.1 Å². The van der Waals surface area contributed by atoms with Crippen molar-refractivity contribution in [2.45, 2.75) is 9.79 Å². The maximum absolute atomic E-state index is 13.0. The van der Waals surface area contributed by atoms with Crippen molar-refractivity contribution in [3.8, 4) is 11.5 Å². The number of phenols is 1. The predicted molar refractivity (Wildman–Crippen MR) is 164 cm³/mol. The second-order valence-electron chi connectivity index (χ2n) is 8.01. The number of amides is 1. The molecule has 0 aliphatic carbocycles. The van der Waals surface area contributed by atoms with Gasteiger partial charge in [-0.15, -0.1) is 10.2 Å². The van der Waals surface area contributed by atoms with E-state index >= 15 is 0 Å². The van der Waals surface area contributed by atoms with E-state index in [4.69, 9.17) is 27.9 Å². The SMILES string of the molecule is COc1ccccc1N=Nc1c(S(=O)(=O)O)cc2c(S(=O)(=O)O)ccc(NC(=O)c3ccc(Cl)cc3Cl)c2c1O.[Ba].[Na].[Na]. The summed E-state index contributed by atoms with van der Waals surface area (Å²) in [6.45, 7) is 0. The van der Waals surface area contributed by atoms with Crippen LogP contribution in [0.5, 0.6) is 11.5 Å². The summed E-state index contributed by atoms with van der Waals surface area (Å²) in [6, 6.07) is 12.8. The maximum atomic E-state index is 13.0. The summed E-state index contributed by atoms with van der Waals surface area (Å²) in [5.74, 6) is -1.56. The van der Waals surface area contributed by atoms with Gasteiger partial charge in [0.1, 0.15) is 26.9 Å². The van der Waals surface area contributed by atoms with Crippen LogP contribution in [-0.2, 0) is 20.2 Å². The molecule has 0 atom stereocenters. The smallest absolute Gasteiger partial charge is 0.296 e. The van der Waals surface area contributed by atoms with Crippen LogP contribution in [0, 0.1) is 0 Å². The van der Waals surface area contributed by atoms with Crippen LogP contribution in [0.4, 0.5) is 17.1 Å². The number of para-hydroxylation sites is 1. The first-order valence-electron chi connectivity index (χ1n) is 10.8. The van der Waals surface area contributed by atoms with Gasteiger partial charge in [0.05, 0.1) is 28.8 Å². The molecule has 4 radical (unpaired) electrons. The number of hydrogen-bond donors (Lipinski definition) is 4. The van der Waals surface area contributed by atoms with E-state index in [2.05, 4.69) is 15.5 Å². The van der Waals surface area contributed by atoms with Crippen LogP contribution in [0.3, 0.4) is 0 Å². The van der Waals surface area contributed by atoms with E-state index < -0.39 is 58.1 Å². The molecule has 0 saturated carbocycles. The number of anilines is 1. The zero-order valence-corrected chi connectivity index (χ0v) is 34.3. The van der Waals surface area contributed by atoms with Gasteiger partial charge in [-0.3, -0.25) is 13.9 Å². The van der Waals surface area contributed by atoms with E-state index in [1.165, 1.54) is 37.4 Å². The molecule has 0 bridgehead atoms. The third kappa shape index (κ3) is 9.42. The van der Waals surface area contributed by atoms with E-state index in [9.17, 15) is 35.8 Å². The van der Waals surface area contributed by atoms with Crippen LogP contribution in [0.25, 0.3) is 10.8 Å². The van der Waals surface area contributed by atoms with Gasteiger partial charge in [-0.1, -0.05) is 35.3 Å². The van der Waals surface area contributed by atoms with E-state index in [1.54, 1.807) is 12.1 Å². The van der Waals surface area contributed by atoms with E-state index in [0.29, 0.717) is 6.07 Å². The number of benzene rings is 4. The third-order valence-electron chi connectivity index (χ3n) is 5.50. The average Bonchev–Trinajstić information content (AvgIpc) is 2.86. The Morgan fingerprint density at radius 3 is 2.09 bits per heavy atom.